The monoisotopic (exact) mass is 350 g/mol. The van der Waals surface area contributed by atoms with Crippen molar-refractivity contribution in [2.45, 2.75) is 13.3 Å². The first kappa shape index (κ1) is 17.8. The molecule has 0 bridgehead atoms. The molecule has 1 aromatic carbocycles. The van der Waals surface area contributed by atoms with Crippen LogP contribution in [0.3, 0.4) is 0 Å². The van der Waals surface area contributed by atoms with E-state index in [2.05, 4.69) is 15.7 Å². The van der Waals surface area contributed by atoms with Crippen molar-refractivity contribution < 1.29 is 14.3 Å². The molecule has 24 heavy (non-hydrogen) atoms. The zero-order valence-electron chi connectivity index (χ0n) is 13.5. The first-order valence-electron chi connectivity index (χ1n) is 7.49. The Kier molecular flexibility index (Phi) is 6.20. The van der Waals surface area contributed by atoms with Crippen molar-refractivity contribution in [1.29, 1.82) is 0 Å². The maximum Gasteiger partial charge on any atom is 0.271 e. The summed E-state index contributed by atoms with van der Waals surface area (Å²) in [6, 6.07) is 6.69. The van der Waals surface area contributed by atoms with E-state index in [0.29, 0.717) is 28.7 Å². The Morgan fingerprint density at radius 3 is 2.67 bits per heavy atom. The molecule has 1 aromatic heterocycles. The Balaban J connectivity index is 1.96. The zero-order chi connectivity index (χ0) is 17.5. The van der Waals surface area contributed by atoms with Crippen LogP contribution in [0.1, 0.15) is 23.8 Å². The molecule has 0 atom stereocenters. The summed E-state index contributed by atoms with van der Waals surface area (Å²) >= 11 is 5.79. The van der Waals surface area contributed by atoms with Gasteiger partial charge in [0.05, 0.1) is 11.9 Å². The fourth-order valence-electron chi connectivity index (χ4n) is 1.99. The summed E-state index contributed by atoms with van der Waals surface area (Å²) in [6.45, 7) is 2.32. The van der Waals surface area contributed by atoms with E-state index in [9.17, 15) is 9.59 Å². The number of carbonyl (C=O) groups is 2. The van der Waals surface area contributed by atoms with E-state index in [1.807, 2.05) is 6.92 Å². The molecule has 0 radical (unpaired) electrons. The largest absolute Gasteiger partial charge is 0.484 e. The van der Waals surface area contributed by atoms with E-state index < -0.39 is 0 Å². The molecule has 1 heterocycles. The smallest absolute Gasteiger partial charge is 0.271 e. The predicted molar refractivity (Wildman–Crippen MR) is 91.4 cm³/mol. The van der Waals surface area contributed by atoms with E-state index in [4.69, 9.17) is 16.3 Å². The molecule has 2 amide bonds. The van der Waals surface area contributed by atoms with E-state index in [1.165, 1.54) is 10.9 Å². The molecule has 0 aliphatic carbocycles. The first-order chi connectivity index (χ1) is 11.5. The Bertz CT molecular complexity index is 713. The van der Waals surface area contributed by atoms with Gasteiger partial charge in [-0.15, -0.1) is 0 Å². The quantitative estimate of drug-likeness (QED) is 0.801. The lowest BCUT2D eigenvalue weighted by Gasteiger charge is -2.09. The summed E-state index contributed by atoms with van der Waals surface area (Å²) in [6.07, 6.45) is 2.25. The SMILES string of the molecule is CCCNC(=O)c1c(NC(=O)COc2ccc(Cl)cc2)cnn1C. The summed E-state index contributed by atoms with van der Waals surface area (Å²) in [5.74, 6) is -0.144. The second-order valence-electron chi connectivity index (χ2n) is 5.08. The van der Waals surface area contributed by atoms with Crippen LogP contribution in [0, 0.1) is 0 Å². The number of nitrogens with one attached hydrogen (secondary N) is 2. The standard InChI is InChI=1S/C16H19ClN4O3/c1-3-8-18-16(23)15-13(9-19-21(15)2)20-14(22)10-24-12-6-4-11(17)5-7-12/h4-7,9H,3,8,10H2,1-2H3,(H,18,23)(H,20,22). The van der Waals surface area contributed by atoms with Crippen LogP contribution in [0.4, 0.5) is 5.69 Å². The molecule has 2 aromatic rings. The molecule has 7 nitrogen and oxygen atoms in total. The lowest BCUT2D eigenvalue weighted by atomic mass is 10.3. The summed E-state index contributed by atoms with van der Waals surface area (Å²) in [5, 5.41) is 9.99. The number of aromatic nitrogens is 2. The molecule has 0 aliphatic heterocycles. The van der Waals surface area contributed by atoms with Crippen molar-refractivity contribution in [2.75, 3.05) is 18.5 Å². The normalized spacial score (nSPS) is 10.3. The van der Waals surface area contributed by atoms with Crippen molar-refractivity contribution in [3.05, 3.63) is 41.2 Å². The highest BCUT2D eigenvalue weighted by Crippen LogP contribution is 2.16. The van der Waals surface area contributed by atoms with Gasteiger partial charge in [0, 0.05) is 18.6 Å². The molecule has 2 rings (SSSR count). The van der Waals surface area contributed by atoms with Crippen LogP contribution in [0.15, 0.2) is 30.5 Å². The van der Waals surface area contributed by atoms with E-state index in [-0.39, 0.29) is 18.4 Å². The van der Waals surface area contributed by atoms with Gasteiger partial charge in [-0.3, -0.25) is 14.3 Å². The van der Waals surface area contributed by atoms with Gasteiger partial charge in [0.25, 0.3) is 11.8 Å². The molecular weight excluding hydrogens is 332 g/mol. The zero-order valence-corrected chi connectivity index (χ0v) is 14.3. The van der Waals surface area contributed by atoms with Crippen molar-refractivity contribution in [2.24, 2.45) is 7.05 Å². The first-order valence-corrected chi connectivity index (χ1v) is 7.87. The Morgan fingerprint density at radius 1 is 1.29 bits per heavy atom. The average Bonchev–Trinajstić information content (AvgIpc) is 2.92. The number of nitrogens with zero attached hydrogens (tertiary/aromatic N) is 2. The number of ether oxygens (including phenoxy) is 1. The van der Waals surface area contributed by atoms with E-state index >= 15 is 0 Å². The van der Waals surface area contributed by atoms with Crippen LogP contribution in [0.25, 0.3) is 0 Å². The van der Waals surface area contributed by atoms with Gasteiger partial charge in [0.1, 0.15) is 11.4 Å². The number of hydrogen-bond acceptors (Lipinski definition) is 4. The number of anilines is 1. The van der Waals surface area contributed by atoms with Crippen molar-refractivity contribution in [3.63, 3.8) is 0 Å². The van der Waals surface area contributed by atoms with Crippen LogP contribution in [0.2, 0.25) is 5.02 Å². The molecule has 8 heteroatoms. The van der Waals surface area contributed by atoms with Crippen LogP contribution in [-0.2, 0) is 11.8 Å². The second kappa shape index (κ2) is 8.35. The summed E-state index contributed by atoms with van der Waals surface area (Å²) in [5.41, 5.74) is 0.638. The minimum Gasteiger partial charge on any atom is -0.484 e. The molecule has 0 unspecified atom stereocenters. The number of amides is 2. The number of aryl methyl sites for hydroxylation is 1. The third kappa shape index (κ3) is 4.73. The van der Waals surface area contributed by atoms with Gasteiger partial charge in [-0.2, -0.15) is 5.10 Å². The average molecular weight is 351 g/mol. The minimum absolute atomic E-state index is 0.188. The number of carbonyl (C=O) groups excluding carboxylic acids is 2. The molecule has 0 spiro atoms. The number of rotatable bonds is 7. The lowest BCUT2D eigenvalue weighted by Crippen LogP contribution is -2.28. The van der Waals surface area contributed by atoms with Crippen molar-refractivity contribution >= 4 is 29.1 Å². The van der Waals surface area contributed by atoms with Crippen LogP contribution < -0.4 is 15.4 Å². The fourth-order valence-corrected chi connectivity index (χ4v) is 2.11. The molecule has 0 fully saturated rings. The van der Waals surface area contributed by atoms with Crippen molar-refractivity contribution in [1.82, 2.24) is 15.1 Å². The molecule has 0 saturated carbocycles. The third-order valence-corrected chi connectivity index (χ3v) is 3.40. The number of halogens is 1. The fraction of sp³-hybridized carbons (Fsp3) is 0.312. The highest BCUT2D eigenvalue weighted by molar-refractivity contribution is 6.30. The van der Waals surface area contributed by atoms with Crippen LogP contribution in [0.5, 0.6) is 5.75 Å². The number of hydrogen-bond donors (Lipinski definition) is 2. The third-order valence-electron chi connectivity index (χ3n) is 3.15. The molecule has 0 saturated heterocycles. The van der Waals surface area contributed by atoms with Gasteiger partial charge in [-0.1, -0.05) is 18.5 Å². The second-order valence-corrected chi connectivity index (χ2v) is 5.51. The molecule has 128 valence electrons. The Hall–Kier alpha value is -2.54. The van der Waals surface area contributed by atoms with Gasteiger partial charge in [-0.05, 0) is 30.7 Å². The van der Waals surface area contributed by atoms with E-state index in [1.54, 1.807) is 31.3 Å². The van der Waals surface area contributed by atoms with Gasteiger partial charge >= 0.3 is 0 Å². The summed E-state index contributed by atoms with van der Waals surface area (Å²) in [4.78, 5) is 24.2. The molecule has 0 aliphatic rings. The predicted octanol–water partition coefficient (Wildman–Crippen LogP) is 2.23. The van der Waals surface area contributed by atoms with Gasteiger partial charge in [-0.25, -0.2) is 0 Å². The van der Waals surface area contributed by atoms with Gasteiger partial charge in [0.2, 0.25) is 0 Å². The Labute approximate surface area is 144 Å². The Morgan fingerprint density at radius 2 is 2.00 bits per heavy atom. The maximum absolute atomic E-state index is 12.1. The van der Waals surface area contributed by atoms with Gasteiger partial charge < -0.3 is 15.4 Å². The highest BCUT2D eigenvalue weighted by atomic mass is 35.5. The highest BCUT2D eigenvalue weighted by Gasteiger charge is 2.18. The van der Waals surface area contributed by atoms with E-state index in [0.717, 1.165) is 6.42 Å². The van der Waals surface area contributed by atoms with Crippen LogP contribution in [-0.4, -0.2) is 34.7 Å². The maximum atomic E-state index is 12.1. The summed E-state index contributed by atoms with van der Waals surface area (Å²) < 4.78 is 6.79. The molecule has 2 N–H and O–H groups in total. The molecular formula is C16H19ClN4O3. The lowest BCUT2D eigenvalue weighted by molar-refractivity contribution is -0.118. The summed E-state index contributed by atoms with van der Waals surface area (Å²) in [7, 11) is 1.64. The van der Waals surface area contributed by atoms with Crippen molar-refractivity contribution in [3.8, 4) is 5.75 Å². The minimum atomic E-state index is -0.387. The topological polar surface area (TPSA) is 85.2 Å². The van der Waals surface area contributed by atoms with Gasteiger partial charge in [0.15, 0.2) is 6.61 Å². The number of benzene rings is 1. The van der Waals surface area contributed by atoms with Crippen LogP contribution >= 0.6 is 11.6 Å².